The van der Waals surface area contributed by atoms with Crippen LogP contribution in [0.3, 0.4) is 0 Å². The van der Waals surface area contributed by atoms with Gasteiger partial charge in [-0.3, -0.25) is 9.80 Å². The summed E-state index contributed by atoms with van der Waals surface area (Å²) in [7, 11) is 6.06. The molecule has 2 unspecified atom stereocenters. The van der Waals surface area contributed by atoms with Gasteiger partial charge in [0, 0.05) is 12.1 Å². The molecule has 0 spiro atoms. The lowest BCUT2D eigenvalue weighted by Gasteiger charge is -2.44. The maximum atomic E-state index is 6.34. The fourth-order valence-corrected chi connectivity index (χ4v) is 6.99. The van der Waals surface area contributed by atoms with E-state index in [2.05, 4.69) is 30.4 Å². The van der Waals surface area contributed by atoms with E-state index in [1.807, 2.05) is 121 Å². The largest absolute Gasteiger partial charge is 0.473 e. The molecule has 0 aliphatic heterocycles. The van der Waals surface area contributed by atoms with Gasteiger partial charge in [-0.25, -0.2) is 0 Å². The minimum atomic E-state index is -0.0978. The Labute approximate surface area is 353 Å². The van der Waals surface area contributed by atoms with Gasteiger partial charge in [-0.2, -0.15) is 0 Å². The van der Waals surface area contributed by atoms with Gasteiger partial charge in [-0.15, -0.1) is 0 Å². The summed E-state index contributed by atoms with van der Waals surface area (Å²) in [6, 6.07) is 39.6. The Kier molecular flexibility index (Phi) is 19.5. The predicted molar refractivity (Wildman–Crippen MR) is 232 cm³/mol. The Morgan fingerprint density at radius 3 is 0.850 bits per heavy atom. The molecule has 0 aromatic heterocycles. The first-order valence-corrected chi connectivity index (χ1v) is 20.1. The molecular formula is C46H58N6O8. The summed E-state index contributed by atoms with van der Waals surface area (Å²) in [5.74, 6) is 1.60. The van der Waals surface area contributed by atoms with Crippen LogP contribution in [-0.4, -0.2) is 100 Å². The van der Waals surface area contributed by atoms with Crippen molar-refractivity contribution in [3.05, 3.63) is 144 Å². The van der Waals surface area contributed by atoms with E-state index in [1.54, 1.807) is 0 Å². The summed E-state index contributed by atoms with van der Waals surface area (Å²) in [4.78, 5) is 25.9. The van der Waals surface area contributed by atoms with Gasteiger partial charge in [0.2, 0.25) is 23.6 Å². The van der Waals surface area contributed by atoms with E-state index < -0.39 is 0 Å². The van der Waals surface area contributed by atoms with E-state index in [1.165, 1.54) is 28.4 Å². The highest BCUT2D eigenvalue weighted by Crippen LogP contribution is 2.29. The van der Waals surface area contributed by atoms with Crippen LogP contribution in [0.4, 0.5) is 0 Å². The zero-order valence-electron chi connectivity index (χ0n) is 35.1. The third kappa shape index (κ3) is 15.6. The van der Waals surface area contributed by atoms with Crippen LogP contribution >= 0.6 is 0 Å². The van der Waals surface area contributed by atoms with Crippen molar-refractivity contribution < 1.29 is 38.3 Å². The lowest BCUT2D eigenvalue weighted by Crippen LogP contribution is -2.57. The van der Waals surface area contributed by atoms with Crippen molar-refractivity contribution >= 4 is 23.6 Å². The summed E-state index contributed by atoms with van der Waals surface area (Å²) < 4.78 is 25.4. The molecule has 0 saturated heterocycles. The molecule has 1 saturated carbocycles. The smallest absolute Gasteiger partial charge is 0.240 e. The average Bonchev–Trinajstić information content (AvgIpc) is 3.29. The van der Waals surface area contributed by atoms with Crippen LogP contribution in [-0.2, 0) is 64.7 Å². The second-order valence-corrected chi connectivity index (χ2v) is 14.0. The Morgan fingerprint density at radius 2 is 0.633 bits per heavy atom. The van der Waals surface area contributed by atoms with E-state index in [0.717, 1.165) is 47.9 Å². The summed E-state index contributed by atoms with van der Waals surface area (Å²) >= 11 is 0. The summed E-state index contributed by atoms with van der Waals surface area (Å²) in [5.41, 5.74) is 4.01. The topological polar surface area (TPSA) is 130 Å². The van der Waals surface area contributed by atoms with Gasteiger partial charge >= 0.3 is 0 Å². The monoisotopic (exact) mass is 822 g/mol. The first-order valence-electron chi connectivity index (χ1n) is 20.1. The molecule has 4 aromatic carbocycles. The van der Waals surface area contributed by atoms with Crippen molar-refractivity contribution in [2.24, 2.45) is 20.6 Å². The molecule has 60 heavy (non-hydrogen) atoms. The number of rotatable bonds is 22. The number of hydrogen-bond donors (Lipinski definition) is 0. The van der Waals surface area contributed by atoms with Gasteiger partial charge in [0.25, 0.3) is 0 Å². The average molecular weight is 823 g/mol. The Bertz CT molecular complexity index is 1640. The van der Waals surface area contributed by atoms with Crippen LogP contribution < -0.4 is 0 Å². The number of ether oxygens (including phenoxy) is 4. The van der Waals surface area contributed by atoms with Crippen molar-refractivity contribution in [2.75, 3.05) is 54.6 Å². The van der Waals surface area contributed by atoms with E-state index in [-0.39, 0.29) is 38.3 Å². The van der Waals surface area contributed by atoms with Crippen molar-refractivity contribution in [2.45, 2.75) is 64.2 Å². The van der Waals surface area contributed by atoms with Gasteiger partial charge in [0.05, 0.1) is 26.2 Å². The van der Waals surface area contributed by atoms with Gasteiger partial charge < -0.3 is 38.3 Å². The van der Waals surface area contributed by atoms with Crippen LogP contribution in [0.5, 0.6) is 0 Å². The zero-order chi connectivity index (χ0) is 42.0. The third-order valence-corrected chi connectivity index (χ3v) is 9.75. The standard InChI is InChI=1S/C46H58N6O8/c1-53-47-43(57-33-37-19-9-5-10-20-37)29-51(30-44(48-54-2)58-34-38-21-11-6-12-22-38)41-27-17-18-28-42(41)52(31-45(49-55-3)59-35-39-23-13-7-14-24-39)32-46(50-56-4)60-36-40-25-15-8-16-26-40/h5-16,19-26,41-42H,17-18,27-36H2,1-4H3/b47-43-,48-44-,49-45-,50-46+. The van der Waals surface area contributed by atoms with E-state index in [0.29, 0.717) is 50.0 Å². The van der Waals surface area contributed by atoms with Gasteiger partial charge in [-0.1, -0.05) is 155 Å². The summed E-state index contributed by atoms with van der Waals surface area (Å²) in [5, 5.41) is 17.4. The number of oxime groups is 4. The van der Waals surface area contributed by atoms with Gasteiger partial charge in [-0.05, 0) is 35.1 Å². The molecule has 2 atom stereocenters. The Balaban J connectivity index is 1.49. The molecule has 1 aliphatic carbocycles. The number of benzene rings is 4. The molecule has 0 bridgehead atoms. The summed E-state index contributed by atoms with van der Waals surface area (Å²) in [6.07, 6.45) is 3.65. The maximum absolute atomic E-state index is 6.34. The summed E-state index contributed by atoms with van der Waals surface area (Å²) in [6.45, 7) is 2.36. The third-order valence-electron chi connectivity index (χ3n) is 9.75. The molecule has 0 radical (unpaired) electrons. The first-order chi connectivity index (χ1) is 29.6. The molecule has 0 amide bonds. The highest BCUT2D eigenvalue weighted by Gasteiger charge is 2.37. The van der Waals surface area contributed by atoms with Crippen LogP contribution in [0.1, 0.15) is 47.9 Å². The minimum Gasteiger partial charge on any atom is -0.473 e. The maximum Gasteiger partial charge on any atom is 0.240 e. The fraction of sp³-hybridized carbons (Fsp3) is 0.391. The second-order valence-electron chi connectivity index (χ2n) is 14.0. The highest BCUT2D eigenvalue weighted by molar-refractivity contribution is 5.82. The molecule has 1 fully saturated rings. The SMILES string of the molecule is CO/N=C(/CN(C/C(=N/OC)OCc1ccccc1)C1CCCCC1N(C/C(=N/OC)OCc1ccccc1)C/C(=N\OC)OCc1ccccc1)OCc1ccccc1. The van der Waals surface area contributed by atoms with Crippen LogP contribution in [0, 0.1) is 0 Å². The molecule has 14 heteroatoms. The van der Waals surface area contributed by atoms with Crippen molar-refractivity contribution in [3.8, 4) is 0 Å². The fourth-order valence-electron chi connectivity index (χ4n) is 6.99. The molecule has 0 heterocycles. The Hall–Kier alpha value is -6.12. The highest BCUT2D eigenvalue weighted by atomic mass is 16.7. The van der Waals surface area contributed by atoms with E-state index in [4.69, 9.17) is 38.3 Å². The van der Waals surface area contributed by atoms with Gasteiger partial charge in [0.15, 0.2) is 0 Å². The predicted octanol–water partition coefficient (Wildman–Crippen LogP) is 7.61. The van der Waals surface area contributed by atoms with Gasteiger partial charge in [0.1, 0.15) is 54.9 Å². The number of nitrogens with zero attached hydrogens (tertiary/aromatic N) is 6. The lowest BCUT2D eigenvalue weighted by molar-refractivity contribution is 0.0609. The zero-order valence-corrected chi connectivity index (χ0v) is 35.1. The normalized spacial score (nSPS) is 16.3. The van der Waals surface area contributed by atoms with Crippen molar-refractivity contribution in [1.82, 2.24) is 9.80 Å². The molecular weight excluding hydrogens is 765 g/mol. The number of hydrogen-bond acceptors (Lipinski definition) is 14. The van der Waals surface area contributed by atoms with Crippen LogP contribution in [0.25, 0.3) is 0 Å². The quantitative estimate of drug-likeness (QED) is 0.0444. The van der Waals surface area contributed by atoms with E-state index in [9.17, 15) is 0 Å². The second kappa shape index (κ2) is 26.1. The molecule has 4 aromatic rings. The Morgan fingerprint density at radius 1 is 0.400 bits per heavy atom. The molecule has 320 valence electrons. The molecule has 1 aliphatic rings. The lowest BCUT2D eigenvalue weighted by atomic mass is 9.87. The molecule has 5 rings (SSSR count). The minimum absolute atomic E-state index is 0.0978. The first kappa shape index (κ1) is 45.0. The van der Waals surface area contributed by atoms with Crippen molar-refractivity contribution in [3.63, 3.8) is 0 Å². The van der Waals surface area contributed by atoms with E-state index >= 15 is 0 Å². The van der Waals surface area contributed by atoms with Crippen molar-refractivity contribution in [1.29, 1.82) is 0 Å². The van der Waals surface area contributed by atoms with Crippen LogP contribution in [0.2, 0.25) is 0 Å². The molecule has 14 nitrogen and oxygen atoms in total. The molecule has 0 N–H and O–H groups in total. The van der Waals surface area contributed by atoms with Crippen LogP contribution in [0.15, 0.2) is 142 Å².